The van der Waals surface area contributed by atoms with Crippen LogP contribution in [-0.4, -0.2) is 46.3 Å². The number of benzene rings is 1. The van der Waals surface area contributed by atoms with Gasteiger partial charge in [-0.25, -0.2) is 9.18 Å². The maximum Gasteiger partial charge on any atom is 0.407 e. The number of hydrogen-bond acceptors (Lipinski definition) is 5. The van der Waals surface area contributed by atoms with Crippen LogP contribution in [0, 0.1) is 18.7 Å². The van der Waals surface area contributed by atoms with E-state index in [4.69, 9.17) is 9.47 Å². The molecule has 2 saturated carbocycles. The molecule has 39 heavy (non-hydrogen) atoms. The van der Waals surface area contributed by atoms with Crippen LogP contribution in [0.15, 0.2) is 30.5 Å². The first-order chi connectivity index (χ1) is 18.6. The second kappa shape index (κ2) is 10.9. The van der Waals surface area contributed by atoms with Crippen molar-refractivity contribution < 1.29 is 23.5 Å². The number of H-pyrrole nitrogens is 1. The summed E-state index contributed by atoms with van der Waals surface area (Å²) < 4.78 is 25.4. The molecule has 3 aromatic rings. The molecule has 0 radical (unpaired) electrons. The monoisotopic (exact) mass is 536 g/mol. The van der Waals surface area contributed by atoms with Gasteiger partial charge in [0.05, 0.1) is 17.7 Å². The predicted molar refractivity (Wildman–Crippen MR) is 147 cm³/mol. The van der Waals surface area contributed by atoms with Crippen molar-refractivity contribution in [2.45, 2.75) is 83.9 Å². The van der Waals surface area contributed by atoms with Gasteiger partial charge in [-0.2, -0.15) is 0 Å². The number of rotatable bonds is 7. The lowest BCUT2D eigenvalue weighted by molar-refractivity contribution is 0.0488. The van der Waals surface area contributed by atoms with Gasteiger partial charge in [0, 0.05) is 41.2 Å². The molecule has 0 unspecified atom stereocenters. The number of alkyl carbamates (subject to hydrolysis) is 1. The minimum absolute atomic E-state index is 0.00115. The average Bonchev–Trinajstić information content (AvgIpc) is 3.62. The highest BCUT2D eigenvalue weighted by atomic mass is 19.1. The largest absolute Gasteiger partial charge is 0.493 e. The molecular formula is C30H37FN4O4. The smallest absolute Gasteiger partial charge is 0.407 e. The second-order valence-electron chi connectivity index (χ2n) is 11.8. The number of fused-ring (bicyclic) bond motifs is 1. The fourth-order valence-corrected chi connectivity index (χ4v) is 5.15. The van der Waals surface area contributed by atoms with Crippen molar-refractivity contribution >= 4 is 23.0 Å². The van der Waals surface area contributed by atoms with Crippen molar-refractivity contribution in [3.8, 4) is 16.9 Å². The van der Waals surface area contributed by atoms with Crippen LogP contribution in [0.1, 0.15) is 75.3 Å². The molecule has 0 saturated heterocycles. The molecule has 2 aliphatic rings. The van der Waals surface area contributed by atoms with Gasteiger partial charge in [0.1, 0.15) is 22.7 Å². The maximum absolute atomic E-state index is 14.1. The van der Waals surface area contributed by atoms with Crippen LogP contribution < -0.4 is 15.4 Å². The van der Waals surface area contributed by atoms with E-state index in [0.717, 1.165) is 49.7 Å². The molecular weight excluding hydrogens is 499 g/mol. The predicted octanol–water partition coefficient (Wildman–Crippen LogP) is 6.03. The summed E-state index contributed by atoms with van der Waals surface area (Å²) in [4.78, 5) is 33.4. The minimum atomic E-state index is -0.539. The third-order valence-corrected chi connectivity index (χ3v) is 7.29. The number of halogens is 1. The fourth-order valence-electron chi connectivity index (χ4n) is 5.15. The summed E-state index contributed by atoms with van der Waals surface area (Å²) in [5.74, 6) is 0.485. The number of ether oxygens (including phenoxy) is 2. The number of nitrogens with one attached hydrogen (secondary N) is 3. The van der Waals surface area contributed by atoms with Gasteiger partial charge in [-0.1, -0.05) is 0 Å². The number of carbonyl (C=O) groups is 2. The maximum atomic E-state index is 14.1. The normalized spacial score (nSPS) is 19.5. The van der Waals surface area contributed by atoms with Crippen LogP contribution >= 0.6 is 0 Å². The summed E-state index contributed by atoms with van der Waals surface area (Å²) in [6.45, 7) is 7.94. The Balaban J connectivity index is 1.29. The Morgan fingerprint density at radius 3 is 2.38 bits per heavy atom. The molecule has 0 aliphatic heterocycles. The molecule has 2 heterocycles. The number of pyridine rings is 1. The van der Waals surface area contributed by atoms with Crippen molar-refractivity contribution in [2.75, 3.05) is 6.61 Å². The van der Waals surface area contributed by atoms with Gasteiger partial charge >= 0.3 is 6.09 Å². The zero-order valence-electron chi connectivity index (χ0n) is 23.0. The Labute approximate surface area is 228 Å². The third kappa shape index (κ3) is 6.52. The highest BCUT2D eigenvalue weighted by Crippen LogP contribution is 2.38. The van der Waals surface area contributed by atoms with Crippen LogP contribution in [-0.2, 0) is 4.74 Å². The van der Waals surface area contributed by atoms with Gasteiger partial charge in [-0.3, -0.25) is 9.78 Å². The van der Waals surface area contributed by atoms with E-state index in [1.165, 1.54) is 12.1 Å². The van der Waals surface area contributed by atoms with Crippen LogP contribution in [0.3, 0.4) is 0 Å². The standard InChI is InChI=1S/C30H37FN4O4/c1-17-25(28(36)34-20-8-10-21(11-9-20)35-29(37)39-30(2,3)4)27-26(33-17)23(13-14-32-27)22-12-7-19(31)15-24(22)38-16-18-5-6-18/h7,12-15,18,20-21,33H,5-6,8-11,16H2,1-4H3,(H,34,36)(H,35,37). The molecule has 5 rings (SSSR count). The summed E-state index contributed by atoms with van der Waals surface area (Å²) in [5.41, 5.74) is 3.53. The van der Waals surface area contributed by atoms with Gasteiger partial charge < -0.3 is 25.1 Å². The van der Waals surface area contributed by atoms with Crippen LogP contribution in [0.4, 0.5) is 9.18 Å². The van der Waals surface area contributed by atoms with Crippen LogP contribution in [0.2, 0.25) is 0 Å². The van der Waals surface area contributed by atoms with E-state index in [2.05, 4.69) is 20.6 Å². The Bertz CT molecular complexity index is 1370. The highest BCUT2D eigenvalue weighted by molar-refractivity contribution is 6.09. The number of amides is 2. The molecule has 8 nitrogen and oxygen atoms in total. The van der Waals surface area contributed by atoms with E-state index < -0.39 is 11.7 Å². The lowest BCUT2D eigenvalue weighted by Crippen LogP contribution is -2.45. The molecule has 2 aliphatic carbocycles. The summed E-state index contributed by atoms with van der Waals surface area (Å²) in [7, 11) is 0. The minimum Gasteiger partial charge on any atom is -0.493 e. The number of aromatic amines is 1. The SMILES string of the molecule is Cc1[nH]c2c(-c3ccc(F)cc3OCC3CC3)ccnc2c1C(=O)NC1CCC(NC(=O)OC(C)(C)C)CC1. The lowest BCUT2D eigenvalue weighted by atomic mass is 9.91. The number of carbonyl (C=O) groups excluding carboxylic acids is 2. The Hall–Kier alpha value is -3.62. The van der Waals surface area contributed by atoms with E-state index in [1.54, 1.807) is 12.3 Å². The van der Waals surface area contributed by atoms with E-state index in [-0.39, 0.29) is 23.8 Å². The molecule has 3 N–H and O–H groups in total. The second-order valence-corrected chi connectivity index (χ2v) is 11.8. The summed E-state index contributed by atoms with van der Waals surface area (Å²) >= 11 is 0. The van der Waals surface area contributed by atoms with Crippen LogP contribution in [0.25, 0.3) is 22.2 Å². The first kappa shape index (κ1) is 27.0. The molecule has 2 aromatic heterocycles. The van der Waals surface area contributed by atoms with Gasteiger partial charge in [0.2, 0.25) is 0 Å². The highest BCUT2D eigenvalue weighted by Gasteiger charge is 2.28. The van der Waals surface area contributed by atoms with Gasteiger partial charge in [0.15, 0.2) is 0 Å². The Morgan fingerprint density at radius 1 is 1.03 bits per heavy atom. The molecule has 9 heteroatoms. The third-order valence-electron chi connectivity index (χ3n) is 7.29. The Kier molecular flexibility index (Phi) is 7.51. The zero-order valence-corrected chi connectivity index (χ0v) is 23.0. The number of aryl methyl sites for hydroxylation is 1. The van der Waals surface area contributed by atoms with Gasteiger partial charge in [-0.15, -0.1) is 0 Å². The molecule has 2 amide bonds. The van der Waals surface area contributed by atoms with E-state index in [0.29, 0.717) is 40.6 Å². The molecule has 2 fully saturated rings. The molecule has 208 valence electrons. The summed E-state index contributed by atoms with van der Waals surface area (Å²) in [6.07, 6.45) is 6.56. The van der Waals surface area contributed by atoms with Crippen molar-refractivity contribution in [2.24, 2.45) is 5.92 Å². The van der Waals surface area contributed by atoms with Gasteiger partial charge in [0.25, 0.3) is 5.91 Å². The topological polar surface area (TPSA) is 105 Å². The molecule has 0 spiro atoms. The first-order valence-electron chi connectivity index (χ1n) is 13.8. The van der Waals surface area contributed by atoms with E-state index in [1.807, 2.05) is 33.8 Å². The number of hydrogen-bond donors (Lipinski definition) is 3. The van der Waals surface area contributed by atoms with Crippen molar-refractivity contribution in [3.05, 3.63) is 47.5 Å². The van der Waals surface area contributed by atoms with E-state index in [9.17, 15) is 14.0 Å². The summed E-state index contributed by atoms with van der Waals surface area (Å²) in [5, 5.41) is 6.10. The fraction of sp³-hybridized carbons (Fsp3) is 0.500. The first-order valence-corrected chi connectivity index (χ1v) is 13.8. The number of nitrogens with zero attached hydrogens (tertiary/aromatic N) is 1. The van der Waals surface area contributed by atoms with Crippen molar-refractivity contribution in [3.63, 3.8) is 0 Å². The molecule has 1 aromatic carbocycles. The van der Waals surface area contributed by atoms with Crippen molar-refractivity contribution in [1.82, 2.24) is 20.6 Å². The molecule has 0 bridgehead atoms. The van der Waals surface area contributed by atoms with Gasteiger partial charge in [-0.05, 0) is 90.3 Å². The molecule has 0 atom stereocenters. The van der Waals surface area contributed by atoms with Crippen LogP contribution in [0.5, 0.6) is 5.75 Å². The summed E-state index contributed by atoms with van der Waals surface area (Å²) in [6, 6.07) is 6.44. The quantitative estimate of drug-likeness (QED) is 0.342. The number of aromatic nitrogens is 2. The average molecular weight is 537 g/mol. The zero-order chi connectivity index (χ0) is 27.7. The Morgan fingerprint density at radius 2 is 1.72 bits per heavy atom. The van der Waals surface area contributed by atoms with Crippen molar-refractivity contribution in [1.29, 1.82) is 0 Å². The van der Waals surface area contributed by atoms with E-state index >= 15 is 0 Å². The lowest BCUT2D eigenvalue weighted by Gasteiger charge is -2.30.